The molecule has 2 aromatic carbocycles. The van der Waals surface area contributed by atoms with Gasteiger partial charge in [0.1, 0.15) is 5.82 Å². The molecule has 3 nitrogen and oxygen atoms in total. The summed E-state index contributed by atoms with van der Waals surface area (Å²) in [5.41, 5.74) is 2.02. The lowest BCUT2D eigenvalue weighted by Gasteiger charge is -2.22. The summed E-state index contributed by atoms with van der Waals surface area (Å²) in [4.78, 5) is 13.7. The number of esters is 1. The van der Waals surface area contributed by atoms with Crippen LogP contribution in [0.15, 0.2) is 46.9 Å². The van der Waals surface area contributed by atoms with E-state index in [1.54, 1.807) is 18.2 Å². The summed E-state index contributed by atoms with van der Waals surface area (Å²) in [6, 6.07) is 12.1. The van der Waals surface area contributed by atoms with Gasteiger partial charge in [-0.25, -0.2) is 9.18 Å². The summed E-state index contributed by atoms with van der Waals surface area (Å²) in [7, 11) is 3.20. The number of carbonyl (C=O) groups is 1. The average Bonchev–Trinajstić information content (AvgIpc) is 2.51. The van der Waals surface area contributed by atoms with Crippen molar-refractivity contribution in [1.82, 2.24) is 0 Å². The molecule has 0 radical (unpaired) electrons. The van der Waals surface area contributed by atoms with Crippen molar-refractivity contribution in [3.05, 3.63) is 63.9 Å². The minimum absolute atomic E-state index is 0.304. The monoisotopic (exact) mass is 351 g/mol. The number of ether oxygens (including phenoxy) is 1. The van der Waals surface area contributed by atoms with Crippen molar-refractivity contribution in [3.8, 4) is 0 Å². The second-order valence-electron chi connectivity index (χ2n) is 4.58. The van der Waals surface area contributed by atoms with Gasteiger partial charge in [-0.3, -0.25) is 0 Å². The van der Waals surface area contributed by atoms with Crippen LogP contribution in [0, 0.1) is 5.82 Å². The van der Waals surface area contributed by atoms with Gasteiger partial charge in [-0.1, -0.05) is 24.3 Å². The van der Waals surface area contributed by atoms with Gasteiger partial charge < -0.3 is 9.64 Å². The molecule has 0 N–H and O–H groups in total. The molecule has 0 fully saturated rings. The Morgan fingerprint density at radius 2 is 1.95 bits per heavy atom. The zero-order valence-corrected chi connectivity index (χ0v) is 13.4. The maximum Gasteiger partial charge on any atom is 0.339 e. The lowest BCUT2D eigenvalue weighted by Crippen LogP contribution is -2.20. The highest BCUT2D eigenvalue weighted by molar-refractivity contribution is 9.10. The first-order valence-electron chi connectivity index (χ1n) is 6.36. The van der Waals surface area contributed by atoms with Crippen molar-refractivity contribution in [2.75, 3.05) is 19.1 Å². The second-order valence-corrected chi connectivity index (χ2v) is 5.37. The molecule has 0 amide bonds. The first kappa shape index (κ1) is 15.5. The van der Waals surface area contributed by atoms with Crippen LogP contribution in [0.25, 0.3) is 0 Å². The van der Waals surface area contributed by atoms with E-state index < -0.39 is 5.97 Å². The van der Waals surface area contributed by atoms with Gasteiger partial charge in [0.25, 0.3) is 0 Å². The predicted octanol–water partition coefficient (Wildman–Crippen LogP) is 4.01. The lowest BCUT2D eigenvalue weighted by atomic mass is 10.1. The summed E-state index contributed by atoms with van der Waals surface area (Å²) in [5, 5.41) is 0. The number of anilines is 1. The molecule has 0 saturated heterocycles. The summed E-state index contributed by atoms with van der Waals surface area (Å²) in [6.45, 7) is 0.465. The van der Waals surface area contributed by atoms with Crippen molar-refractivity contribution in [3.63, 3.8) is 0 Å². The van der Waals surface area contributed by atoms with Gasteiger partial charge in [-0.15, -0.1) is 0 Å². The molecular formula is C16H15BrFNO2. The van der Waals surface area contributed by atoms with Crippen molar-refractivity contribution >= 4 is 27.6 Å². The average molecular weight is 352 g/mol. The van der Waals surface area contributed by atoms with E-state index in [1.807, 2.05) is 30.1 Å². The number of halogens is 2. The number of methoxy groups -OCH3 is 1. The Hall–Kier alpha value is -1.88. The van der Waals surface area contributed by atoms with Crippen LogP contribution in [-0.4, -0.2) is 20.1 Å². The highest BCUT2D eigenvalue weighted by Gasteiger charge is 2.15. The minimum atomic E-state index is -0.393. The van der Waals surface area contributed by atoms with Gasteiger partial charge in [-0.05, 0) is 39.7 Å². The van der Waals surface area contributed by atoms with E-state index in [2.05, 4.69) is 15.9 Å². The second kappa shape index (κ2) is 6.72. The molecular weight excluding hydrogens is 337 g/mol. The van der Waals surface area contributed by atoms with Crippen LogP contribution in [0.2, 0.25) is 0 Å². The number of para-hydroxylation sites is 1. The summed E-state index contributed by atoms with van der Waals surface area (Å²) in [5.74, 6) is -0.696. The van der Waals surface area contributed by atoms with E-state index in [-0.39, 0.29) is 5.82 Å². The Balaban J connectivity index is 2.31. The summed E-state index contributed by atoms with van der Waals surface area (Å²) in [6.07, 6.45) is 0. The zero-order chi connectivity index (χ0) is 15.4. The molecule has 0 aliphatic heterocycles. The molecule has 0 unspecified atom stereocenters. The molecule has 0 heterocycles. The van der Waals surface area contributed by atoms with Crippen molar-refractivity contribution < 1.29 is 13.9 Å². The molecule has 21 heavy (non-hydrogen) atoms. The van der Waals surface area contributed by atoms with Crippen molar-refractivity contribution in [1.29, 1.82) is 0 Å². The summed E-state index contributed by atoms with van der Waals surface area (Å²) >= 11 is 3.25. The maximum atomic E-state index is 13.6. The SMILES string of the molecule is COC(=O)c1ccccc1N(C)Cc1cccc(F)c1Br. The number of benzene rings is 2. The van der Waals surface area contributed by atoms with Crippen LogP contribution >= 0.6 is 15.9 Å². The smallest absolute Gasteiger partial charge is 0.339 e. The third-order valence-electron chi connectivity index (χ3n) is 3.16. The van der Waals surface area contributed by atoms with Crippen LogP contribution < -0.4 is 4.90 Å². The molecule has 0 aromatic heterocycles. The van der Waals surface area contributed by atoms with E-state index in [4.69, 9.17) is 4.74 Å². The van der Waals surface area contributed by atoms with E-state index >= 15 is 0 Å². The maximum absolute atomic E-state index is 13.6. The molecule has 0 saturated carbocycles. The first-order valence-corrected chi connectivity index (χ1v) is 7.15. The van der Waals surface area contributed by atoms with Crippen molar-refractivity contribution in [2.45, 2.75) is 6.54 Å². The number of hydrogen-bond acceptors (Lipinski definition) is 3. The fraction of sp³-hybridized carbons (Fsp3) is 0.188. The Labute approximate surface area is 131 Å². The fourth-order valence-electron chi connectivity index (χ4n) is 2.10. The molecule has 0 atom stereocenters. The van der Waals surface area contributed by atoms with Gasteiger partial charge in [-0.2, -0.15) is 0 Å². The van der Waals surface area contributed by atoms with Crippen LogP contribution in [0.3, 0.4) is 0 Å². The van der Waals surface area contributed by atoms with Crippen LogP contribution in [0.5, 0.6) is 0 Å². The highest BCUT2D eigenvalue weighted by atomic mass is 79.9. The third-order valence-corrected chi connectivity index (χ3v) is 4.05. The Morgan fingerprint density at radius 1 is 1.24 bits per heavy atom. The van der Waals surface area contributed by atoms with Gasteiger partial charge in [0.15, 0.2) is 0 Å². The van der Waals surface area contributed by atoms with Gasteiger partial charge in [0, 0.05) is 13.6 Å². The summed E-state index contributed by atoms with van der Waals surface area (Å²) < 4.78 is 18.8. The minimum Gasteiger partial charge on any atom is -0.465 e. The lowest BCUT2D eigenvalue weighted by molar-refractivity contribution is 0.0601. The van der Waals surface area contributed by atoms with E-state index in [9.17, 15) is 9.18 Å². The quantitative estimate of drug-likeness (QED) is 0.779. The topological polar surface area (TPSA) is 29.5 Å². The highest BCUT2D eigenvalue weighted by Crippen LogP contribution is 2.26. The van der Waals surface area contributed by atoms with E-state index in [0.717, 1.165) is 11.3 Å². The van der Waals surface area contributed by atoms with Crippen LogP contribution in [0.1, 0.15) is 15.9 Å². The van der Waals surface area contributed by atoms with E-state index in [0.29, 0.717) is 16.6 Å². The number of carbonyl (C=O) groups excluding carboxylic acids is 1. The fourth-order valence-corrected chi connectivity index (χ4v) is 2.49. The molecule has 2 rings (SSSR count). The Kier molecular flexibility index (Phi) is 4.96. The number of hydrogen-bond donors (Lipinski definition) is 0. The largest absolute Gasteiger partial charge is 0.465 e. The molecule has 0 aliphatic rings. The Morgan fingerprint density at radius 3 is 2.67 bits per heavy atom. The molecule has 0 spiro atoms. The Bertz CT molecular complexity index is 660. The van der Waals surface area contributed by atoms with Crippen LogP contribution in [-0.2, 0) is 11.3 Å². The molecule has 5 heteroatoms. The third kappa shape index (κ3) is 3.42. The van der Waals surface area contributed by atoms with Gasteiger partial charge >= 0.3 is 5.97 Å². The van der Waals surface area contributed by atoms with Crippen LogP contribution in [0.4, 0.5) is 10.1 Å². The predicted molar refractivity (Wildman–Crippen MR) is 84.0 cm³/mol. The van der Waals surface area contributed by atoms with Gasteiger partial charge in [0.2, 0.25) is 0 Å². The molecule has 0 bridgehead atoms. The molecule has 0 aliphatic carbocycles. The van der Waals surface area contributed by atoms with E-state index in [1.165, 1.54) is 13.2 Å². The molecule has 110 valence electrons. The standard InChI is InChI=1S/C16H15BrFNO2/c1-19(10-11-6-5-8-13(18)15(11)17)14-9-4-3-7-12(14)16(20)21-2/h3-9H,10H2,1-2H3. The van der Waals surface area contributed by atoms with Gasteiger partial charge in [0.05, 0.1) is 22.8 Å². The normalized spacial score (nSPS) is 10.3. The molecule has 2 aromatic rings. The first-order chi connectivity index (χ1) is 10.0. The zero-order valence-electron chi connectivity index (χ0n) is 11.8. The van der Waals surface area contributed by atoms with Crippen molar-refractivity contribution in [2.24, 2.45) is 0 Å². The number of rotatable bonds is 4. The number of nitrogens with zero attached hydrogens (tertiary/aromatic N) is 1.